The first-order valence-electron chi connectivity index (χ1n) is 5.38. The zero-order valence-electron chi connectivity index (χ0n) is 9.28. The van der Waals surface area contributed by atoms with E-state index in [0.29, 0.717) is 11.3 Å². The average Bonchev–Trinajstić information content (AvgIpc) is 2.74. The Kier molecular flexibility index (Phi) is 2.84. The molecule has 0 aliphatic carbocycles. The summed E-state index contributed by atoms with van der Waals surface area (Å²) >= 11 is 5.11. The van der Waals surface area contributed by atoms with Crippen molar-refractivity contribution < 1.29 is 4.39 Å². The molecule has 0 fully saturated rings. The lowest BCUT2D eigenvalue weighted by Gasteiger charge is -2.03. The van der Waals surface area contributed by atoms with E-state index in [1.165, 1.54) is 6.07 Å². The second-order valence-electron chi connectivity index (χ2n) is 4.01. The molecule has 4 heteroatoms. The molecule has 0 saturated carbocycles. The molecule has 2 aromatic carbocycles. The molecule has 3 aromatic rings. The second kappa shape index (κ2) is 4.37. The van der Waals surface area contributed by atoms with E-state index in [4.69, 9.17) is 5.73 Å². The Morgan fingerprint density at radius 2 is 1.94 bits per heavy atom. The van der Waals surface area contributed by atoms with Crippen LogP contribution in [0.4, 0.5) is 10.1 Å². The molecule has 1 heterocycles. The van der Waals surface area contributed by atoms with Gasteiger partial charge in [-0.1, -0.05) is 12.1 Å². The summed E-state index contributed by atoms with van der Waals surface area (Å²) in [5.41, 5.74) is 7.52. The lowest BCUT2D eigenvalue weighted by Crippen LogP contribution is -1.88. The SMILES string of the molecule is Nc1ccc(-c2csc3c(Br)cccc23)c(F)c1. The Balaban J connectivity index is 2.29. The van der Waals surface area contributed by atoms with E-state index in [9.17, 15) is 4.39 Å². The highest BCUT2D eigenvalue weighted by Gasteiger charge is 2.12. The van der Waals surface area contributed by atoms with Gasteiger partial charge >= 0.3 is 0 Å². The Labute approximate surface area is 116 Å². The van der Waals surface area contributed by atoms with Crippen LogP contribution in [0.2, 0.25) is 0 Å². The molecular formula is C14H9BrFNS. The third kappa shape index (κ3) is 1.82. The molecule has 0 atom stereocenters. The lowest BCUT2D eigenvalue weighted by atomic mass is 10.0. The maximum Gasteiger partial charge on any atom is 0.133 e. The molecule has 1 aromatic heterocycles. The number of benzene rings is 2. The summed E-state index contributed by atoms with van der Waals surface area (Å²) in [6.45, 7) is 0. The van der Waals surface area contributed by atoms with E-state index >= 15 is 0 Å². The molecule has 0 saturated heterocycles. The minimum atomic E-state index is -0.283. The van der Waals surface area contributed by atoms with Crippen molar-refractivity contribution >= 4 is 43.0 Å². The number of fused-ring (bicyclic) bond motifs is 1. The molecule has 18 heavy (non-hydrogen) atoms. The molecule has 0 aliphatic heterocycles. The van der Waals surface area contributed by atoms with E-state index in [2.05, 4.69) is 15.9 Å². The van der Waals surface area contributed by atoms with E-state index in [-0.39, 0.29) is 5.82 Å². The summed E-state index contributed by atoms with van der Waals surface area (Å²) < 4.78 is 16.1. The molecule has 0 aliphatic rings. The van der Waals surface area contributed by atoms with Gasteiger partial charge in [-0.2, -0.15) is 0 Å². The molecule has 0 spiro atoms. The normalized spacial score (nSPS) is 11.0. The fourth-order valence-corrected chi connectivity index (χ4v) is 3.60. The van der Waals surface area contributed by atoms with Crippen molar-refractivity contribution in [3.63, 3.8) is 0 Å². The molecule has 1 nitrogen and oxygen atoms in total. The number of hydrogen-bond donors (Lipinski definition) is 1. The van der Waals surface area contributed by atoms with Crippen LogP contribution in [0, 0.1) is 5.82 Å². The van der Waals surface area contributed by atoms with Gasteiger partial charge in [0.2, 0.25) is 0 Å². The third-order valence-electron chi connectivity index (χ3n) is 2.84. The molecule has 2 N–H and O–H groups in total. The first-order valence-corrected chi connectivity index (χ1v) is 7.05. The van der Waals surface area contributed by atoms with Crippen molar-refractivity contribution in [2.45, 2.75) is 0 Å². The van der Waals surface area contributed by atoms with Crippen LogP contribution in [0.25, 0.3) is 21.2 Å². The van der Waals surface area contributed by atoms with E-state index in [0.717, 1.165) is 20.1 Å². The number of anilines is 1. The second-order valence-corrected chi connectivity index (χ2v) is 5.74. The van der Waals surface area contributed by atoms with Gasteiger partial charge in [0, 0.05) is 31.4 Å². The predicted octanol–water partition coefficient (Wildman–Crippen LogP) is 5.05. The summed E-state index contributed by atoms with van der Waals surface area (Å²) in [7, 11) is 0. The van der Waals surface area contributed by atoms with Crippen molar-refractivity contribution in [3.8, 4) is 11.1 Å². The highest BCUT2D eigenvalue weighted by atomic mass is 79.9. The Morgan fingerprint density at radius 3 is 2.72 bits per heavy atom. The molecule has 0 amide bonds. The lowest BCUT2D eigenvalue weighted by molar-refractivity contribution is 0.632. The van der Waals surface area contributed by atoms with E-state index in [1.807, 2.05) is 23.6 Å². The zero-order valence-corrected chi connectivity index (χ0v) is 11.7. The summed E-state index contributed by atoms with van der Waals surface area (Å²) in [5, 5.41) is 3.03. The molecular weight excluding hydrogens is 313 g/mol. The molecule has 3 rings (SSSR count). The molecule has 0 bridgehead atoms. The van der Waals surface area contributed by atoms with Gasteiger partial charge in [0.15, 0.2) is 0 Å². The van der Waals surface area contributed by atoms with Gasteiger partial charge in [-0.15, -0.1) is 11.3 Å². The maximum atomic E-state index is 14.0. The highest BCUT2D eigenvalue weighted by Crippen LogP contribution is 2.38. The van der Waals surface area contributed by atoms with Crippen LogP contribution >= 0.6 is 27.3 Å². The minimum Gasteiger partial charge on any atom is -0.399 e. The maximum absolute atomic E-state index is 14.0. The quantitative estimate of drug-likeness (QED) is 0.623. The first-order chi connectivity index (χ1) is 8.66. The van der Waals surface area contributed by atoms with Gasteiger partial charge in [0.1, 0.15) is 5.82 Å². The standard InChI is InChI=1S/C14H9BrFNS/c15-12-3-1-2-10-11(7-18-14(10)12)9-5-4-8(17)6-13(9)16/h1-7H,17H2. The molecule has 0 radical (unpaired) electrons. The minimum absolute atomic E-state index is 0.283. The van der Waals surface area contributed by atoms with Crippen LogP contribution < -0.4 is 5.73 Å². The summed E-state index contributed by atoms with van der Waals surface area (Å²) in [6.07, 6.45) is 0. The number of nitrogens with two attached hydrogens (primary N) is 1. The molecule has 90 valence electrons. The summed E-state index contributed by atoms with van der Waals surface area (Å²) in [5.74, 6) is -0.283. The van der Waals surface area contributed by atoms with Crippen LogP contribution in [0.1, 0.15) is 0 Å². The Hall–Kier alpha value is -1.39. The largest absolute Gasteiger partial charge is 0.399 e. The van der Waals surface area contributed by atoms with Gasteiger partial charge in [-0.05, 0) is 45.6 Å². The van der Waals surface area contributed by atoms with Gasteiger partial charge in [0.25, 0.3) is 0 Å². The number of nitrogen functional groups attached to an aromatic ring is 1. The van der Waals surface area contributed by atoms with E-state index < -0.39 is 0 Å². The van der Waals surface area contributed by atoms with E-state index in [1.54, 1.807) is 23.5 Å². The first kappa shape index (κ1) is 11.7. The summed E-state index contributed by atoms with van der Waals surface area (Å²) in [4.78, 5) is 0. The highest BCUT2D eigenvalue weighted by molar-refractivity contribution is 9.10. The van der Waals surface area contributed by atoms with Gasteiger partial charge in [-0.25, -0.2) is 4.39 Å². The van der Waals surface area contributed by atoms with Crippen molar-refractivity contribution in [3.05, 3.63) is 52.1 Å². The van der Waals surface area contributed by atoms with Crippen LogP contribution in [0.3, 0.4) is 0 Å². The number of hydrogen-bond acceptors (Lipinski definition) is 2. The van der Waals surface area contributed by atoms with Crippen molar-refractivity contribution in [2.24, 2.45) is 0 Å². The topological polar surface area (TPSA) is 26.0 Å². The average molecular weight is 322 g/mol. The van der Waals surface area contributed by atoms with Crippen LogP contribution in [-0.4, -0.2) is 0 Å². The van der Waals surface area contributed by atoms with Gasteiger partial charge < -0.3 is 5.73 Å². The number of thiophene rings is 1. The van der Waals surface area contributed by atoms with Crippen LogP contribution in [-0.2, 0) is 0 Å². The smallest absolute Gasteiger partial charge is 0.133 e. The Bertz CT molecular complexity index is 736. The molecule has 0 unspecified atom stereocenters. The van der Waals surface area contributed by atoms with Crippen LogP contribution in [0.15, 0.2) is 46.3 Å². The zero-order chi connectivity index (χ0) is 12.7. The fraction of sp³-hybridized carbons (Fsp3) is 0. The van der Waals surface area contributed by atoms with Crippen LogP contribution in [0.5, 0.6) is 0 Å². The van der Waals surface area contributed by atoms with Gasteiger partial charge in [-0.3, -0.25) is 0 Å². The Morgan fingerprint density at radius 1 is 1.11 bits per heavy atom. The van der Waals surface area contributed by atoms with Crippen molar-refractivity contribution in [2.75, 3.05) is 5.73 Å². The van der Waals surface area contributed by atoms with Gasteiger partial charge in [0.05, 0.1) is 0 Å². The number of rotatable bonds is 1. The predicted molar refractivity (Wildman–Crippen MR) is 79.3 cm³/mol. The number of halogens is 2. The third-order valence-corrected chi connectivity index (χ3v) is 4.79. The monoisotopic (exact) mass is 321 g/mol. The van der Waals surface area contributed by atoms with Crippen molar-refractivity contribution in [1.29, 1.82) is 0 Å². The summed E-state index contributed by atoms with van der Waals surface area (Å²) in [6, 6.07) is 10.8. The fourth-order valence-electron chi connectivity index (χ4n) is 1.98. The van der Waals surface area contributed by atoms with Crippen molar-refractivity contribution in [1.82, 2.24) is 0 Å².